The highest BCUT2D eigenvalue weighted by Gasteiger charge is 2.16. The highest BCUT2D eigenvalue weighted by molar-refractivity contribution is 5.79. The summed E-state index contributed by atoms with van der Waals surface area (Å²) >= 11 is 0. The Morgan fingerprint density at radius 1 is 0.962 bits per heavy atom. The summed E-state index contributed by atoms with van der Waals surface area (Å²) in [6.07, 6.45) is 0. The second kappa shape index (κ2) is 7.16. The van der Waals surface area contributed by atoms with Crippen molar-refractivity contribution in [2.75, 3.05) is 14.2 Å². The number of nitrogens with zero attached hydrogens (tertiary/aromatic N) is 1. The molecule has 0 unspecified atom stereocenters. The van der Waals surface area contributed by atoms with Crippen molar-refractivity contribution in [1.82, 2.24) is 4.98 Å². The fourth-order valence-corrected chi connectivity index (χ4v) is 2.79. The molecule has 0 saturated carbocycles. The Kier molecular flexibility index (Phi) is 4.76. The second-order valence-corrected chi connectivity index (χ2v) is 5.84. The van der Waals surface area contributed by atoms with Crippen molar-refractivity contribution >= 4 is 0 Å². The zero-order valence-electron chi connectivity index (χ0n) is 14.8. The standard InChI is InChI=1S/C21H18N2O3/c1-13-4-6-14(7-5-13)19-11-17(18(12-22)21(24)23-19)16-9-8-15(25-2)10-20(16)26-3/h4-11H,1-3H3,(H,23,24). The number of hydrogen-bond donors (Lipinski definition) is 1. The number of pyridine rings is 1. The molecule has 0 aliphatic carbocycles. The molecule has 3 rings (SSSR count). The molecule has 2 aromatic carbocycles. The minimum Gasteiger partial charge on any atom is -0.497 e. The minimum atomic E-state index is -0.432. The van der Waals surface area contributed by atoms with E-state index in [1.54, 1.807) is 38.5 Å². The normalized spacial score (nSPS) is 10.2. The van der Waals surface area contributed by atoms with Crippen LogP contribution in [0.15, 0.2) is 53.3 Å². The van der Waals surface area contributed by atoms with Gasteiger partial charge in [0.1, 0.15) is 23.1 Å². The maximum Gasteiger partial charge on any atom is 0.266 e. The number of benzene rings is 2. The number of ether oxygens (including phenoxy) is 2. The van der Waals surface area contributed by atoms with Gasteiger partial charge in [-0.2, -0.15) is 5.26 Å². The van der Waals surface area contributed by atoms with Gasteiger partial charge in [0, 0.05) is 22.9 Å². The van der Waals surface area contributed by atoms with Gasteiger partial charge in [0.25, 0.3) is 5.56 Å². The first-order valence-electron chi connectivity index (χ1n) is 8.04. The number of aromatic nitrogens is 1. The molecule has 0 spiro atoms. The number of aryl methyl sites for hydroxylation is 1. The van der Waals surface area contributed by atoms with E-state index in [9.17, 15) is 10.1 Å². The number of aromatic amines is 1. The molecule has 3 aromatic rings. The van der Waals surface area contributed by atoms with Crippen LogP contribution < -0.4 is 15.0 Å². The summed E-state index contributed by atoms with van der Waals surface area (Å²) in [6.45, 7) is 2.00. The fourth-order valence-electron chi connectivity index (χ4n) is 2.79. The average Bonchev–Trinajstić information content (AvgIpc) is 2.67. The first-order valence-corrected chi connectivity index (χ1v) is 8.04. The van der Waals surface area contributed by atoms with Crippen LogP contribution in [0, 0.1) is 18.3 Å². The predicted octanol–water partition coefficient (Wildman–Crippen LogP) is 3.91. The summed E-state index contributed by atoms with van der Waals surface area (Å²) in [6, 6.07) is 16.9. The van der Waals surface area contributed by atoms with E-state index >= 15 is 0 Å². The van der Waals surface area contributed by atoms with Gasteiger partial charge in [-0.05, 0) is 30.7 Å². The van der Waals surface area contributed by atoms with Crippen molar-refractivity contribution in [1.29, 1.82) is 5.26 Å². The van der Waals surface area contributed by atoms with Crippen molar-refractivity contribution < 1.29 is 9.47 Å². The van der Waals surface area contributed by atoms with E-state index < -0.39 is 5.56 Å². The molecule has 0 fully saturated rings. The lowest BCUT2D eigenvalue weighted by molar-refractivity contribution is 0.395. The molecule has 5 heteroatoms. The van der Waals surface area contributed by atoms with E-state index in [0.29, 0.717) is 28.3 Å². The average molecular weight is 346 g/mol. The third-order valence-electron chi connectivity index (χ3n) is 4.21. The second-order valence-electron chi connectivity index (χ2n) is 5.84. The summed E-state index contributed by atoms with van der Waals surface area (Å²) in [5.41, 5.74) is 3.42. The molecule has 0 radical (unpaired) electrons. The lowest BCUT2D eigenvalue weighted by Crippen LogP contribution is -2.13. The Labute approximate surface area is 151 Å². The number of methoxy groups -OCH3 is 2. The van der Waals surface area contributed by atoms with Crippen molar-refractivity contribution in [2.45, 2.75) is 6.92 Å². The van der Waals surface area contributed by atoms with Crippen molar-refractivity contribution in [3.05, 3.63) is 70.0 Å². The third-order valence-corrected chi connectivity index (χ3v) is 4.21. The number of hydrogen-bond acceptors (Lipinski definition) is 4. The third kappa shape index (κ3) is 3.17. The van der Waals surface area contributed by atoms with Crippen LogP contribution in [-0.4, -0.2) is 19.2 Å². The molecule has 0 saturated heterocycles. The van der Waals surface area contributed by atoms with E-state index in [1.165, 1.54) is 0 Å². The van der Waals surface area contributed by atoms with Crippen molar-refractivity contribution in [3.63, 3.8) is 0 Å². The maximum absolute atomic E-state index is 12.5. The van der Waals surface area contributed by atoms with Crippen LogP contribution in [0.25, 0.3) is 22.4 Å². The van der Waals surface area contributed by atoms with Gasteiger partial charge in [0.2, 0.25) is 0 Å². The molecule has 1 heterocycles. The summed E-state index contributed by atoms with van der Waals surface area (Å²) in [5, 5.41) is 9.49. The van der Waals surface area contributed by atoms with Gasteiger partial charge in [-0.3, -0.25) is 4.79 Å². The molecule has 0 atom stereocenters. The molecule has 130 valence electrons. The van der Waals surface area contributed by atoms with Crippen LogP contribution in [0.4, 0.5) is 0 Å². The monoisotopic (exact) mass is 346 g/mol. The number of nitrogens with one attached hydrogen (secondary N) is 1. The van der Waals surface area contributed by atoms with E-state index in [4.69, 9.17) is 9.47 Å². The Balaban J connectivity index is 2.25. The van der Waals surface area contributed by atoms with Crippen LogP contribution in [-0.2, 0) is 0 Å². The number of nitriles is 1. The highest BCUT2D eigenvalue weighted by atomic mass is 16.5. The number of H-pyrrole nitrogens is 1. The Morgan fingerprint density at radius 3 is 2.31 bits per heavy atom. The van der Waals surface area contributed by atoms with Gasteiger partial charge < -0.3 is 14.5 Å². The van der Waals surface area contributed by atoms with Gasteiger partial charge in [-0.25, -0.2) is 0 Å². The SMILES string of the molecule is COc1ccc(-c2cc(-c3ccc(C)cc3)[nH]c(=O)c2C#N)c(OC)c1. The molecular weight excluding hydrogens is 328 g/mol. The minimum absolute atomic E-state index is 0.0457. The highest BCUT2D eigenvalue weighted by Crippen LogP contribution is 2.35. The van der Waals surface area contributed by atoms with E-state index in [-0.39, 0.29) is 5.56 Å². The van der Waals surface area contributed by atoms with Crippen molar-refractivity contribution in [2.24, 2.45) is 0 Å². The van der Waals surface area contributed by atoms with Gasteiger partial charge in [0.15, 0.2) is 0 Å². The maximum atomic E-state index is 12.5. The molecular formula is C21H18N2O3. The molecule has 0 bridgehead atoms. The molecule has 5 nitrogen and oxygen atoms in total. The molecule has 0 amide bonds. The van der Waals surface area contributed by atoms with Crippen LogP contribution in [0.3, 0.4) is 0 Å². The largest absolute Gasteiger partial charge is 0.497 e. The quantitative estimate of drug-likeness (QED) is 0.777. The Bertz CT molecular complexity index is 1040. The molecule has 1 aromatic heterocycles. The summed E-state index contributed by atoms with van der Waals surface area (Å²) in [5.74, 6) is 1.16. The lowest BCUT2D eigenvalue weighted by atomic mass is 9.98. The first kappa shape index (κ1) is 17.3. The zero-order valence-corrected chi connectivity index (χ0v) is 14.8. The Morgan fingerprint density at radius 2 is 1.69 bits per heavy atom. The van der Waals surface area contributed by atoms with Crippen LogP contribution in [0.2, 0.25) is 0 Å². The smallest absolute Gasteiger partial charge is 0.266 e. The van der Waals surface area contributed by atoms with Crippen LogP contribution >= 0.6 is 0 Å². The van der Waals surface area contributed by atoms with E-state index in [2.05, 4.69) is 4.98 Å². The zero-order chi connectivity index (χ0) is 18.7. The van der Waals surface area contributed by atoms with Gasteiger partial charge >= 0.3 is 0 Å². The summed E-state index contributed by atoms with van der Waals surface area (Å²) in [7, 11) is 3.11. The molecule has 0 aliphatic rings. The van der Waals surface area contributed by atoms with Gasteiger partial charge in [-0.1, -0.05) is 29.8 Å². The number of rotatable bonds is 4. The Hall–Kier alpha value is -3.52. The fraction of sp³-hybridized carbons (Fsp3) is 0.143. The van der Waals surface area contributed by atoms with Crippen LogP contribution in [0.1, 0.15) is 11.1 Å². The first-order chi connectivity index (χ1) is 12.6. The van der Waals surface area contributed by atoms with Crippen molar-refractivity contribution in [3.8, 4) is 40.0 Å². The topological polar surface area (TPSA) is 75.1 Å². The molecule has 26 heavy (non-hydrogen) atoms. The summed E-state index contributed by atoms with van der Waals surface area (Å²) in [4.78, 5) is 15.3. The van der Waals surface area contributed by atoms with Crippen LogP contribution in [0.5, 0.6) is 11.5 Å². The predicted molar refractivity (Wildman–Crippen MR) is 100 cm³/mol. The van der Waals surface area contributed by atoms with Gasteiger partial charge in [-0.15, -0.1) is 0 Å². The molecule has 1 N–H and O–H groups in total. The summed E-state index contributed by atoms with van der Waals surface area (Å²) < 4.78 is 10.7. The molecule has 0 aliphatic heterocycles. The van der Waals surface area contributed by atoms with E-state index in [1.807, 2.05) is 37.3 Å². The lowest BCUT2D eigenvalue weighted by Gasteiger charge is -2.13. The van der Waals surface area contributed by atoms with E-state index in [0.717, 1.165) is 11.1 Å². The van der Waals surface area contributed by atoms with Gasteiger partial charge in [0.05, 0.1) is 14.2 Å².